The van der Waals surface area contributed by atoms with Crippen molar-refractivity contribution in [3.05, 3.63) is 222 Å². The summed E-state index contributed by atoms with van der Waals surface area (Å²) >= 11 is 0. The molecule has 282 valence electrons. The highest BCUT2D eigenvalue weighted by atomic mass is 16.5. The Morgan fingerprint density at radius 3 is 1.00 bits per heavy atom. The first kappa shape index (κ1) is 37.8. The lowest BCUT2D eigenvalue weighted by Gasteiger charge is -2.32. The first-order chi connectivity index (χ1) is 29.6. The maximum atomic E-state index is 10.7. The standard InChI is InChI=1S/C52H33N7O/c53-34-38-29-39(35-54)50(32-49(38)57(42-17-6-1-7-18-42)43-19-8-2-9-20-43)58(44-21-10-3-11-22-44)46-25-16-26-47(31-46)59(45-23-12-4-13-24-45)51-33-52(41(37-56)30-40(51)36-55)60-48-27-14-5-15-28-48/h1-33H. The molecule has 0 N–H and O–H groups in total. The van der Waals surface area contributed by atoms with Gasteiger partial charge in [-0.25, -0.2) is 0 Å². The molecule has 8 heteroatoms. The Hall–Kier alpha value is -9.08. The fourth-order valence-electron chi connectivity index (χ4n) is 7.12. The summed E-state index contributed by atoms with van der Waals surface area (Å²) in [6.45, 7) is 0. The SMILES string of the molecule is N#Cc1cc(C#N)c(N(c2ccccc2)c2cccc(N(c3ccccc3)c3cc(N(c4ccccc4)c4ccccc4)c(C#N)cc3C#N)c2)cc1Oc1ccccc1. The van der Waals surface area contributed by atoms with E-state index in [0.717, 1.165) is 22.7 Å². The zero-order chi connectivity index (χ0) is 41.3. The van der Waals surface area contributed by atoms with Gasteiger partial charge < -0.3 is 19.4 Å². The van der Waals surface area contributed by atoms with E-state index in [1.165, 1.54) is 0 Å². The Morgan fingerprint density at radius 1 is 0.300 bits per heavy atom. The third-order valence-corrected chi connectivity index (χ3v) is 9.79. The topological polar surface area (TPSA) is 114 Å². The van der Waals surface area contributed by atoms with E-state index in [4.69, 9.17) is 4.74 Å². The van der Waals surface area contributed by atoms with Crippen molar-refractivity contribution in [1.82, 2.24) is 0 Å². The van der Waals surface area contributed by atoms with Crippen LogP contribution in [0.4, 0.5) is 51.2 Å². The van der Waals surface area contributed by atoms with E-state index in [1.807, 2.05) is 185 Å². The van der Waals surface area contributed by atoms with Gasteiger partial charge in [0.15, 0.2) is 0 Å². The fraction of sp³-hybridized carbons (Fsp3) is 0. The zero-order valence-electron chi connectivity index (χ0n) is 32.1. The maximum absolute atomic E-state index is 10.7. The van der Waals surface area contributed by atoms with Gasteiger partial charge in [0.05, 0.1) is 39.3 Å². The van der Waals surface area contributed by atoms with Gasteiger partial charge in [-0.3, -0.25) is 0 Å². The summed E-state index contributed by atoms with van der Waals surface area (Å²) in [7, 11) is 0. The molecule has 0 amide bonds. The molecule has 0 spiro atoms. The Morgan fingerprint density at radius 2 is 0.617 bits per heavy atom. The monoisotopic (exact) mass is 771 g/mol. The average Bonchev–Trinajstić information content (AvgIpc) is 3.31. The van der Waals surface area contributed by atoms with E-state index in [9.17, 15) is 21.0 Å². The number of hydrogen-bond acceptors (Lipinski definition) is 8. The maximum Gasteiger partial charge on any atom is 0.147 e. The summed E-state index contributed by atoms with van der Waals surface area (Å²) in [6, 6.07) is 72.1. The van der Waals surface area contributed by atoms with Crippen molar-refractivity contribution in [3.63, 3.8) is 0 Å². The molecule has 8 aromatic rings. The van der Waals surface area contributed by atoms with Crippen molar-refractivity contribution in [3.8, 4) is 35.8 Å². The van der Waals surface area contributed by atoms with Gasteiger partial charge in [-0.15, -0.1) is 0 Å². The molecule has 0 aromatic heterocycles. The van der Waals surface area contributed by atoms with Crippen molar-refractivity contribution in [2.45, 2.75) is 0 Å². The minimum atomic E-state index is 0.219. The number of nitrogens with zero attached hydrogens (tertiary/aromatic N) is 7. The normalized spacial score (nSPS) is 10.3. The second kappa shape index (κ2) is 17.4. The van der Waals surface area contributed by atoms with Gasteiger partial charge in [-0.1, -0.05) is 97.1 Å². The smallest absolute Gasteiger partial charge is 0.147 e. The number of para-hydroxylation sites is 5. The first-order valence-corrected chi connectivity index (χ1v) is 19.0. The Kier molecular flexibility index (Phi) is 11.0. The Bertz CT molecular complexity index is 2910. The van der Waals surface area contributed by atoms with Crippen LogP contribution in [0.5, 0.6) is 11.5 Å². The number of hydrogen-bond donors (Lipinski definition) is 0. The molecule has 0 aliphatic rings. The summed E-state index contributed by atoms with van der Waals surface area (Å²) < 4.78 is 6.25. The van der Waals surface area contributed by atoms with Crippen LogP contribution in [0.15, 0.2) is 200 Å². The molecule has 0 atom stereocenters. The van der Waals surface area contributed by atoms with Crippen LogP contribution in [0.3, 0.4) is 0 Å². The summed E-state index contributed by atoms with van der Waals surface area (Å²) in [5, 5.41) is 42.0. The number of ether oxygens (including phenoxy) is 1. The number of nitriles is 4. The quantitative estimate of drug-likeness (QED) is 0.128. The Labute approximate surface area is 348 Å². The van der Waals surface area contributed by atoms with Crippen LogP contribution in [0, 0.1) is 45.3 Å². The van der Waals surface area contributed by atoms with Crippen molar-refractivity contribution >= 4 is 51.2 Å². The van der Waals surface area contributed by atoms with Crippen molar-refractivity contribution < 1.29 is 4.74 Å². The highest BCUT2D eigenvalue weighted by Crippen LogP contribution is 2.46. The number of rotatable bonds is 11. The lowest BCUT2D eigenvalue weighted by molar-refractivity contribution is 0.481. The molecule has 60 heavy (non-hydrogen) atoms. The average molecular weight is 772 g/mol. The molecule has 0 aliphatic carbocycles. The molecule has 0 radical (unpaired) electrons. The Balaban J connectivity index is 1.35. The van der Waals surface area contributed by atoms with Crippen LogP contribution in [0.25, 0.3) is 0 Å². The second-order valence-corrected chi connectivity index (χ2v) is 13.5. The van der Waals surface area contributed by atoms with E-state index < -0.39 is 0 Å². The molecule has 8 aromatic carbocycles. The highest BCUT2D eigenvalue weighted by molar-refractivity contribution is 5.90. The molecular weight excluding hydrogens is 739 g/mol. The summed E-state index contributed by atoms with van der Waals surface area (Å²) in [6.07, 6.45) is 0. The van der Waals surface area contributed by atoms with Crippen molar-refractivity contribution in [1.29, 1.82) is 21.0 Å². The highest BCUT2D eigenvalue weighted by Gasteiger charge is 2.25. The minimum absolute atomic E-state index is 0.219. The summed E-state index contributed by atoms with van der Waals surface area (Å²) in [4.78, 5) is 5.97. The lowest BCUT2D eigenvalue weighted by atomic mass is 10.0. The van der Waals surface area contributed by atoms with E-state index in [0.29, 0.717) is 51.1 Å². The second-order valence-electron chi connectivity index (χ2n) is 13.5. The number of anilines is 9. The summed E-state index contributed by atoms with van der Waals surface area (Å²) in [5.41, 5.74) is 7.36. The molecule has 8 rings (SSSR count). The largest absolute Gasteiger partial charge is 0.456 e. The minimum Gasteiger partial charge on any atom is -0.456 e. The van der Waals surface area contributed by atoms with E-state index in [2.05, 4.69) is 24.3 Å². The van der Waals surface area contributed by atoms with Crippen LogP contribution in [-0.2, 0) is 0 Å². The van der Waals surface area contributed by atoms with E-state index in [-0.39, 0.29) is 11.1 Å². The number of benzene rings is 8. The van der Waals surface area contributed by atoms with Crippen LogP contribution in [0.1, 0.15) is 22.3 Å². The zero-order valence-corrected chi connectivity index (χ0v) is 32.1. The third kappa shape index (κ3) is 7.68. The van der Waals surface area contributed by atoms with Gasteiger partial charge >= 0.3 is 0 Å². The van der Waals surface area contributed by atoms with E-state index >= 15 is 0 Å². The summed E-state index contributed by atoms with van der Waals surface area (Å²) in [5.74, 6) is 0.843. The molecule has 0 saturated carbocycles. The van der Waals surface area contributed by atoms with E-state index in [1.54, 1.807) is 30.3 Å². The van der Waals surface area contributed by atoms with Crippen LogP contribution < -0.4 is 19.4 Å². The molecule has 0 saturated heterocycles. The molecule has 8 nitrogen and oxygen atoms in total. The van der Waals surface area contributed by atoms with Gasteiger partial charge in [-0.2, -0.15) is 21.0 Å². The molecule has 0 bridgehead atoms. The molecule has 0 fully saturated rings. The van der Waals surface area contributed by atoms with Crippen LogP contribution >= 0.6 is 0 Å². The molecule has 0 aliphatic heterocycles. The van der Waals surface area contributed by atoms with Gasteiger partial charge in [0.1, 0.15) is 35.8 Å². The van der Waals surface area contributed by atoms with Crippen LogP contribution in [-0.4, -0.2) is 0 Å². The lowest BCUT2D eigenvalue weighted by Crippen LogP contribution is -2.16. The third-order valence-electron chi connectivity index (χ3n) is 9.79. The molecular formula is C52H33N7O. The van der Waals surface area contributed by atoms with Crippen LogP contribution in [0.2, 0.25) is 0 Å². The molecule has 0 unspecified atom stereocenters. The first-order valence-electron chi connectivity index (χ1n) is 19.0. The predicted molar refractivity (Wildman–Crippen MR) is 236 cm³/mol. The fourth-order valence-corrected chi connectivity index (χ4v) is 7.12. The van der Waals surface area contributed by atoms with Gasteiger partial charge in [0.2, 0.25) is 0 Å². The molecule has 0 heterocycles. The van der Waals surface area contributed by atoms with Gasteiger partial charge in [0.25, 0.3) is 0 Å². The van der Waals surface area contributed by atoms with Gasteiger partial charge in [0, 0.05) is 40.2 Å². The van der Waals surface area contributed by atoms with Gasteiger partial charge in [-0.05, 0) is 97.1 Å². The predicted octanol–water partition coefficient (Wildman–Crippen LogP) is 13.4. The van der Waals surface area contributed by atoms with Crippen molar-refractivity contribution in [2.24, 2.45) is 0 Å². The van der Waals surface area contributed by atoms with Crippen molar-refractivity contribution in [2.75, 3.05) is 14.7 Å².